The monoisotopic (exact) mass is 1160 g/mol. The molecule has 21 nitrogen and oxygen atoms in total. The number of unbranched alkanes of at least 4 members (excludes halogenated alkanes) is 4. The van der Waals surface area contributed by atoms with E-state index in [0.717, 1.165) is 59.7 Å². The highest BCUT2D eigenvalue weighted by Gasteiger charge is 2.51. The fraction of sp³-hybridized carbons (Fsp3) is 0.407. The second-order valence-electron chi connectivity index (χ2n) is 21.7. The molecule has 3 saturated heterocycles. The lowest BCUT2D eigenvalue weighted by Gasteiger charge is -2.39. The molecule has 9 amide bonds. The van der Waals surface area contributed by atoms with Crippen LogP contribution in [0, 0.1) is 0 Å². The number of alkyl halides is 2. The second kappa shape index (κ2) is 25.6. The molecule has 4 aliphatic heterocycles. The van der Waals surface area contributed by atoms with Gasteiger partial charge < -0.3 is 51.2 Å². The van der Waals surface area contributed by atoms with Gasteiger partial charge in [-0.1, -0.05) is 98.1 Å². The van der Waals surface area contributed by atoms with Gasteiger partial charge in [-0.25, -0.2) is 0 Å². The molecule has 438 valence electrons. The average Bonchev–Trinajstić information content (AvgIpc) is 4.43. The lowest BCUT2D eigenvalue weighted by molar-refractivity contribution is -0.145. The van der Waals surface area contributed by atoms with Gasteiger partial charge >= 0.3 is 13.3 Å². The summed E-state index contributed by atoms with van der Waals surface area (Å²) in [6.07, 6.45) is 5.15. The maximum Gasteiger partial charge on any atom is 0.399 e. The Balaban J connectivity index is 0.871. The number of amides is 9. The van der Waals surface area contributed by atoms with Crippen LogP contribution in [0.2, 0.25) is 0 Å². The molecular weight excluding hydrogens is 1100 g/mol. The minimum Gasteiger partial charge on any atom is -0.370 e. The Kier molecular flexibility index (Phi) is 18.3. The number of H-pyrrole nitrogens is 1. The van der Waals surface area contributed by atoms with Crippen molar-refractivity contribution in [2.45, 2.75) is 138 Å². The molecule has 4 aromatic carbocycles. The molecule has 0 radical (unpaired) electrons. The van der Waals surface area contributed by atoms with Crippen molar-refractivity contribution >= 4 is 71.7 Å². The number of carbonyl (C=O) groups is 9. The van der Waals surface area contributed by atoms with Gasteiger partial charge in [-0.05, 0) is 97.9 Å². The first-order chi connectivity index (χ1) is 39.7. The van der Waals surface area contributed by atoms with Crippen LogP contribution in [-0.4, -0.2) is 126 Å². The molecular formula is C59H66F2N9O12P. The number of carbonyl (C=O) groups excluding carboxylic acids is 9. The molecule has 0 bridgehead atoms. The Bertz CT molecular complexity index is 3320. The van der Waals surface area contributed by atoms with E-state index in [1.165, 1.54) is 20.8 Å². The van der Waals surface area contributed by atoms with Crippen molar-refractivity contribution in [2.75, 3.05) is 13.1 Å². The maximum atomic E-state index is 15.0. The summed E-state index contributed by atoms with van der Waals surface area (Å²) >= 11 is 0. The number of aromatic nitrogens is 1. The van der Waals surface area contributed by atoms with Crippen LogP contribution in [-0.2, 0) is 56.8 Å². The number of rotatable bonds is 22. The van der Waals surface area contributed by atoms with E-state index in [0.29, 0.717) is 31.2 Å². The zero-order valence-corrected chi connectivity index (χ0v) is 46.3. The van der Waals surface area contributed by atoms with Crippen molar-refractivity contribution in [2.24, 2.45) is 5.73 Å². The van der Waals surface area contributed by atoms with Crippen molar-refractivity contribution in [3.8, 4) is 0 Å². The molecule has 83 heavy (non-hydrogen) atoms. The Labute approximate surface area is 476 Å². The summed E-state index contributed by atoms with van der Waals surface area (Å²) in [5.41, 5.74) is 3.89. The summed E-state index contributed by atoms with van der Waals surface area (Å²) in [4.78, 5) is 148. The van der Waals surface area contributed by atoms with E-state index < -0.39 is 90.5 Å². The molecule has 24 heteroatoms. The van der Waals surface area contributed by atoms with Crippen LogP contribution in [0.3, 0.4) is 0 Å². The number of imide groups is 1. The third kappa shape index (κ3) is 13.5. The lowest BCUT2D eigenvalue weighted by atomic mass is 9.98. The van der Waals surface area contributed by atoms with Gasteiger partial charge in [0.25, 0.3) is 11.8 Å². The fourth-order valence-corrected chi connectivity index (χ4v) is 12.2. The van der Waals surface area contributed by atoms with Crippen LogP contribution in [0.5, 0.6) is 0 Å². The molecule has 0 aliphatic carbocycles. The highest BCUT2D eigenvalue weighted by Crippen LogP contribution is 2.59. The molecule has 5 aromatic rings. The molecule has 0 spiro atoms. The van der Waals surface area contributed by atoms with E-state index in [1.54, 1.807) is 6.07 Å². The Morgan fingerprint density at radius 3 is 2.18 bits per heavy atom. The Morgan fingerprint density at radius 2 is 1.49 bits per heavy atom. The SMILES string of the molecule is NC(=O)CCC(NC(=O)C1CCC2CCN(C(=O)CCCCCCCc3cccc4c3CN(C3CCC(=O)NC3=O)C4=O)CC(NC(=O)c3cc4cc(C(F)(F)P(=O)(O)O)ccc4[nH]3)C(=O)N21)C(=O)NC(c1ccccc1)c1ccccc1. The van der Waals surface area contributed by atoms with Crippen LogP contribution in [0.15, 0.2) is 103 Å². The topological polar surface area (TPSA) is 311 Å². The van der Waals surface area contributed by atoms with Gasteiger partial charge in [0.05, 0.1) is 6.04 Å². The van der Waals surface area contributed by atoms with Gasteiger partial charge in [-0.15, -0.1) is 0 Å². The van der Waals surface area contributed by atoms with Crippen LogP contribution in [0.25, 0.3) is 10.9 Å². The van der Waals surface area contributed by atoms with Gasteiger partial charge in [-0.2, -0.15) is 8.78 Å². The molecule has 9 rings (SSSR count). The predicted octanol–water partition coefficient (Wildman–Crippen LogP) is 5.09. The number of nitrogens with one attached hydrogen (secondary N) is 5. The third-order valence-corrected chi connectivity index (χ3v) is 17.1. The summed E-state index contributed by atoms with van der Waals surface area (Å²) in [5.74, 6) is -4.96. The number of hydrogen-bond acceptors (Lipinski definition) is 10. The molecule has 3 fully saturated rings. The number of halogens is 2. The highest BCUT2D eigenvalue weighted by molar-refractivity contribution is 7.52. The van der Waals surface area contributed by atoms with E-state index in [4.69, 9.17) is 5.73 Å². The molecule has 4 aliphatic rings. The van der Waals surface area contributed by atoms with Crippen molar-refractivity contribution in [3.63, 3.8) is 0 Å². The van der Waals surface area contributed by atoms with Gasteiger partial charge in [-0.3, -0.25) is 53.0 Å². The lowest BCUT2D eigenvalue weighted by Crippen LogP contribution is -2.62. The van der Waals surface area contributed by atoms with Gasteiger partial charge in [0.2, 0.25) is 41.4 Å². The first kappa shape index (κ1) is 59.5. The zero-order chi connectivity index (χ0) is 59.2. The largest absolute Gasteiger partial charge is 0.399 e. The Morgan fingerprint density at radius 1 is 0.795 bits per heavy atom. The summed E-state index contributed by atoms with van der Waals surface area (Å²) < 4.78 is 41.2. The standard InChI is InChI=1S/C59H66F2N9O12P/c60-59(61,83(80,81)82)39-21-23-43-38(31-39)32-45(63-43)54(75)65-46-34-68(51(73)20-11-3-1-2-6-13-35-18-12-19-41-42(35)33-69(57(41)78)47-26-28-50(72)66-55(47)76)30-29-40-22-25-48(70(40)58(46)79)56(77)64-44(24-27-49(62)71)53(74)67-52(36-14-7-4-8-15-36)37-16-9-5-10-17-37/h4-5,7-10,12,14-19,21,23,31-32,40,44,46-48,52,63H,1-3,6,11,13,20,22,24-30,33-34H2,(H2,62,71)(H,64,77)(H,65,75)(H,67,74)(H,66,72,76)(H2,80,81,82). The fourth-order valence-electron chi connectivity index (χ4n) is 11.7. The number of nitrogens with two attached hydrogens (primary N) is 1. The van der Waals surface area contributed by atoms with Gasteiger partial charge in [0.1, 0.15) is 29.9 Å². The molecule has 0 saturated carbocycles. The number of nitrogens with zero attached hydrogens (tertiary/aromatic N) is 3. The smallest absolute Gasteiger partial charge is 0.370 e. The molecule has 5 heterocycles. The first-order valence-electron chi connectivity index (χ1n) is 27.9. The zero-order valence-electron chi connectivity index (χ0n) is 45.4. The second-order valence-corrected chi connectivity index (χ2v) is 23.3. The van der Waals surface area contributed by atoms with E-state index in [2.05, 4.69) is 26.3 Å². The summed E-state index contributed by atoms with van der Waals surface area (Å²) in [6, 6.07) is 21.9. The Hall–Kier alpha value is -8.14. The summed E-state index contributed by atoms with van der Waals surface area (Å²) in [5, 5.41) is 10.8. The number of aromatic amines is 1. The molecule has 5 atom stereocenters. The van der Waals surface area contributed by atoms with E-state index in [1.807, 2.05) is 72.8 Å². The van der Waals surface area contributed by atoms with Crippen molar-refractivity contribution in [1.29, 1.82) is 0 Å². The molecule has 1 aromatic heterocycles. The minimum absolute atomic E-state index is 0.00475. The molecule has 5 unspecified atom stereocenters. The number of hydrogen-bond donors (Lipinski definition) is 8. The number of fused-ring (bicyclic) bond motifs is 3. The van der Waals surface area contributed by atoms with E-state index >= 15 is 4.79 Å². The van der Waals surface area contributed by atoms with Crippen LogP contribution in [0.1, 0.15) is 138 Å². The van der Waals surface area contributed by atoms with Crippen molar-refractivity contribution < 1.29 is 66.3 Å². The normalized spacial score (nSPS) is 19.7. The minimum atomic E-state index is -5.93. The average molecular weight is 1160 g/mol. The number of primary amides is 1. The van der Waals surface area contributed by atoms with E-state index in [-0.39, 0.29) is 98.9 Å². The quantitative estimate of drug-likeness (QED) is 0.0256. The third-order valence-electron chi connectivity index (χ3n) is 16.1. The molecule has 9 N–H and O–H groups in total. The maximum absolute atomic E-state index is 15.0. The van der Waals surface area contributed by atoms with E-state index in [9.17, 15) is 61.5 Å². The summed E-state index contributed by atoms with van der Waals surface area (Å²) in [7, 11) is -5.93. The van der Waals surface area contributed by atoms with Crippen LogP contribution < -0.4 is 27.0 Å². The van der Waals surface area contributed by atoms with Crippen molar-refractivity contribution in [1.82, 2.24) is 41.0 Å². The van der Waals surface area contributed by atoms with Crippen LogP contribution >= 0.6 is 7.60 Å². The predicted molar refractivity (Wildman–Crippen MR) is 297 cm³/mol. The van der Waals surface area contributed by atoms with Crippen molar-refractivity contribution in [3.05, 3.63) is 142 Å². The van der Waals surface area contributed by atoms with Gasteiger partial charge in [0, 0.05) is 67.0 Å². The number of benzene rings is 4. The number of aryl methyl sites for hydroxylation is 1. The highest BCUT2D eigenvalue weighted by atomic mass is 31.2. The number of piperidine rings is 1. The van der Waals surface area contributed by atoms with Gasteiger partial charge in [0.15, 0.2) is 0 Å². The summed E-state index contributed by atoms with van der Waals surface area (Å²) in [6.45, 7) is 0.115. The van der Waals surface area contributed by atoms with Crippen LogP contribution in [0.4, 0.5) is 8.78 Å². The first-order valence-corrected chi connectivity index (χ1v) is 29.5.